The lowest BCUT2D eigenvalue weighted by atomic mass is 9.74. The molecular weight excluding hydrogens is 218 g/mol. The minimum atomic E-state index is 0.780. The molecule has 0 saturated heterocycles. The lowest BCUT2D eigenvalue weighted by Crippen LogP contribution is -2.43. The standard InChI is InChI=1S/C17H35N/c1-5-8-14(4)17(18-13-6-2)16-11-9-15(7-3)10-12-16/h14-18H,5-13H2,1-4H3. The van der Waals surface area contributed by atoms with E-state index in [1.807, 2.05) is 0 Å². The molecule has 0 bridgehead atoms. The molecule has 1 heteroatoms. The van der Waals surface area contributed by atoms with Crippen LogP contribution in [0.2, 0.25) is 0 Å². The van der Waals surface area contributed by atoms with Gasteiger partial charge in [0.05, 0.1) is 0 Å². The summed E-state index contributed by atoms with van der Waals surface area (Å²) in [5.41, 5.74) is 0. The fourth-order valence-electron chi connectivity index (χ4n) is 3.73. The molecule has 1 saturated carbocycles. The average molecular weight is 253 g/mol. The first-order chi connectivity index (χ1) is 8.72. The van der Waals surface area contributed by atoms with Gasteiger partial charge < -0.3 is 5.32 Å². The molecule has 0 heterocycles. The predicted octanol–water partition coefficient (Wildman–Crippen LogP) is 5.01. The Bertz CT molecular complexity index is 194. The summed E-state index contributed by atoms with van der Waals surface area (Å²) in [6, 6.07) is 0.780. The topological polar surface area (TPSA) is 12.0 Å². The Morgan fingerprint density at radius 2 is 1.67 bits per heavy atom. The summed E-state index contributed by atoms with van der Waals surface area (Å²) >= 11 is 0. The lowest BCUT2D eigenvalue weighted by molar-refractivity contribution is 0.176. The van der Waals surface area contributed by atoms with Crippen LogP contribution in [0.15, 0.2) is 0 Å². The van der Waals surface area contributed by atoms with E-state index in [0.29, 0.717) is 0 Å². The minimum Gasteiger partial charge on any atom is -0.313 e. The van der Waals surface area contributed by atoms with Crippen molar-refractivity contribution in [1.82, 2.24) is 5.32 Å². The molecule has 1 aliphatic carbocycles. The molecule has 108 valence electrons. The number of hydrogen-bond acceptors (Lipinski definition) is 1. The van der Waals surface area contributed by atoms with E-state index in [-0.39, 0.29) is 0 Å². The van der Waals surface area contributed by atoms with Crippen molar-refractivity contribution in [3.63, 3.8) is 0 Å². The molecule has 2 unspecified atom stereocenters. The van der Waals surface area contributed by atoms with Gasteiger partial charge in [0.2, 0.25) is 0 Å². The molecule has 1 aliphatic rings. The molecule has 0 amide bonds. The van der Waals surface area contributed by atoms with Crippen LogP contribution in [0.1, 0.15) is 79.1 Å². The molecular formula is C17H35N. The number of nitrogens with one attached hydrogen (secondary N) is 1. The van der Waals surface area contributed by atoms with Crippen LogP contribution in [0.25, 0.3) is 0 Å². The van der Waals surface area contributed by atoms with E-state index in [1.165, 1.54) is 57.9 Å². The molecule has 1 fully saturated rings. The van der Waals surface area contributed by atoms with Gasteiger partial charge in [-0.25, -0.2) is 0 Å². The zero-order valence-corrected chi connectivity index (χ0v) is 13.2. The third-order valence-corrected chi connectivity index (χ3v) is 4.96. The van der Waals surface area contributed by atoms with Crippen LogP contribution < -0.4 is 5.32 Å². The highest BCUT2D eigenvalue weighted by atomic mass is 14.9. The van der Waals surface area contributed by atoms with E-state index in [1.54, 1.807) is 0 Å². The van der Waals surface area contributed by atoms with E-state index in [9.17, 15) is 0 Å². The third-order valence-electron chi connectivity index (χ3n) is 4.96. The van der Waals surface area contributed by atoms with Gasteiger partial charge in [-0.3, -0.25) is 0 Å². The Morgan fingerprint density at radius 1 is 1.00 bits per heavy atom. The Balaban J connectivity index is 2.48. The zero-order valence-electron chi connectivity index (χ0n) is 13.2. The third kappa shape index (κ3) is 4.91. The van der Waals surface area contributed by atoms with Gasteiger partial charge in [0.15, 0.2) is 0 Å². The van der Waals surface area contributed by atoms with E-state index >= 15 is 0 Å². The Kier molecular flexibility index (Phi) is 7.97. The summed E-state index contributed by atoms with van der Waals surface area (Å²) in [4.78, 5) is 0. The summed E-state index contributed by atoms with van der Waals surface area (Å²) < 4.78 is 0. The van der Waals surface area contributed by atoms with E-state index in [4.69, 9.17) is 0 Å². The number of rotatable bonds is 8. The summed E-state index contributed by atoms with van der Waals surface area (Å²) in [6.07, 6.45) is 11.3. The second-order valence-electron chi connectivity index (χ2n) is 6.43. The molecule has 0 aromatic rings. The summed E-state index contributed by atoms with van der Waals surface area (Å²) in [5.74, 6) is 2.82. The average Bonchev–Trinajstić information content (AvgIpc) is 2.40. The van der Waals surface area contributed by atoms with Crippen molar-refractivity contribution < 1.29 is 0 Å². The highest BCUT2D eigenvalue weighted by Crippen LogP contribution is 2.35. The zero-order chi connectivity index (χ0) is 13.4. The molecule has 2 atom stereocenters. The first-order valence-electron chi connectivity index (χ1n) is 8.46. The maximum Gasteiger partial charge on any atom is 0.0121 e. The summed E-state index contributed by atoms with van der Waals surface area (Å²) in [5, 5.41) is 3.86. The fraction of sp³-hybridized carbons (Fsp3) is 1.00. The van der Waals surface area contributed by atoms with Crippen molar-refractivity contribution in [2.24, 2.45) is 17.8 Å². The molecule has 18 heavy (non-hydrogen) atoms. The van der Waals surface area contributed by atoms with Gasteiger partial charge >= 0.3 is 0 Å². The van der Waals surface area contributed by atoms with Crippen LogP contribution in [0.3, 0.4) is 0 Å². The Labute approximate surface area is 115 Å². The molecule has 1 N–H and O–H groups in total. The van der Waals surface area contributed by atoms with Crippen LogP contribution in [0, 0.1) is 17.8 Å². The highest BCUT2D eigenvalue weighted by molar-refractivity contribution is 4.84. The minimum absolute atomic E-state index is 0.780. The molecule has 1 nitrogen and oxygen atoms in total. The molecule has 0 aromatic carbocycles. The second-order valence-corrected chi connectivity index (χ2v) is 6.43. The van der Waals surface area contributed by atoms with Crippen molar-refractivity contribution in [3.8, 4) is 0 Å². The Morgan fingerprint density at radius 3 is 2.17 bits per heavy atom. The van der Waals surface area contributed by atoms with Crippen LogP contribution >= 0.6 is 0 Å². The van der Waals surface area contributed by atoms with Crippen molar-refractivity contribution in [3.05, 3.63) is 0 Å². The smallest absolute Gasteiger partial charge is 0.0121 e. The molecule has 1 rings (SSSR count). The SMILES string of the molecule is CCCNC(C(C)CCC)C1CCC(CC)CC1. The normalized spacial score (nSPS) is 28.0. The van der Waals surface area contributed by atoms with Gasteiger partial charge in [0.1, 0.15) is 0 Å². The molecule has 0 spiro atoms. The van der Waals surface area contributed by atoms with Gasteiger partial charge in [-0.05, 0) is 50.0 Å². The maximum absolute atomic E-state index is 3.86. The fourth-order valence-corrected chi connectivity index (χ4v) is 3.73. The van der Waals surface area contributed by atoms with Crippen molar-refractivity contribution in [2.45, 2.75) is 85.1 Å². The summed E-state index contributed by atoms with van der Waals surface area (Å²) in [7, 11) is 0. The van der Waals surface area contributed by atoms with Gasteiger partial charge in [-0.1, -0.05) is 53.4 Å². The largest absolute Gasteiger partial charge is 0.313 e. The first-order valence-corrected chi connectivity index (χ1v) is 8.46. The van der Waals surface area contributed by atoms with E-state index in [0.717, 1.165) is 23.8 Å². The van der Waals surface area contributed by atoms with Gasteiger partial charge in [-0.2, -0.15) is 0 Å². The summed E-state index contributed by atoms with van der Waals surface area (Å²) in [6.45, 7) is 10.6. The highest BCUT2D eigenvalue weighted by Gasteiger charge is 2.29. The monoisotopic (exact) mass is 253 g/mol. The number of hydrogen-bond donors (Lipinski definition) is 1. The quantitative estimate of drug-likeness (QED) is 0.641. The molecule has 0 radical (unpaired) electrons. The lowest BCUT2D eigenvalue weighted by Gasteiger charge is -2.37. The van der Waals surface area contributed by atoms with E-state index in [2.05, 4.69) is 33.0 Å². The molecule has 0 aromatic heterocycles. The van der Waals surface area contributed by atoms with Crippen LogP contribution in [0.5, 0.6) is 0 Å². The second kappa shape index (κ2) is 8.96. The van der Waals surface area contributed by atoms with Crippen LogP contribution in [-0.2, 0) is 0 Å². The van der Waals surface area contributed by atoms with Crippen molar-refractivity contribution in [1.29, 1.82) is 0 Å². The van der Waals surface area contributed by atoms with Crippen LogP contribution in [-0.4, -0.2) is 12.6 Å². The van der Waals surface area contributed by atoms with E-state index < -0.39 is 0 Å². The van der Waals surface area contributed by atoms with Gasteiger partial charge in [0.25, 0.3) is 0 Å². The first kappa shape index (κ1) is 16.0. The predicted molar refractivity (Wildman–Crippen MR) is 81.9 cm³/mol. The van der Waals surface area contributed by atoms with Crippen molar-refractivity contribution >= 4 is 0 Å². The van der Waals surface area contributed by atoms with Gasteiger partial charge in [-0.15, -0.1) is 0 Å². The maximum atomic E-state index is 3.86. The van der Waals surface area contributed by atoms with Crippen molar-refractivity contribution in [2.75, 3.05) is 6.54 Å². The van der Waals surface area contributed by atoms with Gasteiger partial charge in [0, 0.05) is 6.04 Å². The molecule has 0 aliphatic heterocycles. The Hall–Kier alpha value is -0.0400. The van der Waals surface area contributed by atoms with Crippen LogP contribution in [0.4, 0.5) is 0 Å².